The summed E-state index contributed by atoms with van der Waals surface area (Å²) in [6.07, 6.45) is 0. The number of morpholine rings is 1. The lowest BCUT2D eigenvalue weighted by atomic mass is 10.1. The molecule has 1 unspecified atom stereocenters. The second-order valence-electron chi connectivity index (χ2n) is 3.39. The molecule has 1 atom stereocenters. The molecular weight excluding hydrogens is 210 g/mol. The van der Waals surface area contributed by atoms with Gasteiger partial charge >= 0.3 is 0 Å². The fraction of sp³-hybridized carbons (Fsp3) is 0.364. The van der Waals surface area contributed by atoms with Crippen molar-refractivity contribution in [3.05, 3.63) is 36.4 Å². The molecule has 2 rings (SSSR count). The van der Waals surface area contributed by atoms with Gasteiger partial charge in [0, 0.05) is 0 Å². The molecule has 4 heteroatoms. The number of nitrogens with zero attached hydrogens (tertiary/aromatic N) is 1. The molecule has 1 aliphatic rings. The molecule has 1 aliphatic heterocycles. The maximum absolute atomic E-state index is 5.39. The van der Waals surface area contributed by atoms with Crippen molar-refractivity contribution in [3.63, 3.8) is 0 Å². The van der Waals surface area contributed by atoms with E-state index < -0.39 is 0 Å². The molecule has 0 saturated carbocycles. The van der Waals surface area contributed by atoms with Gasteiger partial charge < -0.3 is 9.47 Å². The quantitative estimate of drug-likeness (QED) is 0.777. The molecule has 0 N–H and O–H groups in total. The van der Waals surface area contributed by atoms with Crippen LogP contribution >= 0.6 is 12.8 Å². The summed E-state index contributed by atoms with van der Waals surface area (Å²) in [5.74, 6) is 0.866. The lowest BCUT2D eigenvalue weighted by Gasteiger charge is -2.31. The monoisotopic (exact) mass is 224 g/mol. The first kappa shape index (κ1) is 10.8. The van der Waals surface area contributed by atoms with Crippen molar-refractivity contribution < 1.29 is 9.47 Å². The molecule has 3 nitrogen and oxygen atoms in total. The van der Waals surface area contributed by atoms with Crippen molar-refractivity contribution in [2.24, 2.45) is 0 Å². The smallest absolute Gasteiger partial charge is 0.118 e. The summed E-state index contributed by atoms with van der Waals surface area (Å²) in [7, 11) is 1.66. The normalized spacial score (nSPS) is 22.7. The van der Waals surface area contributed by atoms with Gasteiger partial charge in [-0.25, -0.2) is 4.31 Å². The highest BCUT2D eigenvalue weighted by Gasteiger charge is 2.22. The molecule has 81 valence electrons. The zero-order valence-corrected chi connectivity index (χ0v) is 9.48. The van der Waals surface area contributed by atoms with Crippen LogP contribution in [0.5, 0.6) is 5.75 Å². The van der Waals surface area contributed by atoms with E-state index in [0.29, 0.717) is 13.2 Å². The fourth-order valence-corrected chi connectivity index (χ4v) is 1.85. The number of ether oxygens (including phenoxy) is 2. The van der Waals surface area contributed by atoms with Crippen LogP contribution in [0.25, 0.3) is 0 Å². The van der Waals surface area contributed by atoms with Crippen molar-refractivity contribution in [2.75, 3.05) is 20.3 Å². The van der Waals surface area contributed by atoms with E-state index in [1.807, 2.05) is 35.1 Å². The van der Waals surface area contributed by atoms with E-state index in [9.17, 15) is 0 Å². The van der Waals surface area contributed by atoms with Crippen molar-refractivity contribution in [1.29, 1.82) is 0 Å². The van der Waals surface area contributed by atoms with Gasteiger partial charge in [0.05, 0.1) is 32.9 Å². The zero-order chi connectivity index (χ0) is 10.7. The van der Waals surface area contributed by atoms with Gasteiger partial charge in [-0.3, -0.25) is 0 Å². The van der Waals surface area contributed by atoms with Crippen molar-refractivity contribution in [3.8, 4) is 5.75 Å². The van der Waals surface area contributed by atoms with E-state index in [4.69, 9.17) is 9.47 Å². The Kier molecular flexibility index (Phi) is 3.51. The van der Waals surface area contributed by atoms with Gasteiger partial charge in [0.2, 0.25) is 0 Å². The molecule has 1 aromatic rings. The Morgan fingerprint density at radius 1 is 1.40 bits per heavy atom. The van der Waals surface area contributed by atoms with Crippen LogP contribution in [0.3, 0.4) is 0 Å². The van der Waals surface area contributed by atoms with E-state index in [-0.39, 0.29) is 6.04 Å². The average Bonchev–Trinajstić information content (AvgIpc) is 2.30. The van der Waals surface area contributed by atoms with Crippen LogP contribution in [0.2, 0.25) is 0 Å². The molecule has 1 radical (unpaired) electrons. The summed E-state index contributed by atoms with van der Waals surface area (Å²) in [5.41, 5.74) is 1.18. The van der Waals surface area contributed by atoms with Crippen molar-refractivity contribution in [1.82, 2.24) is 4.31 Å². The third-order valence-corrected chi connectivity index (χ3v) is 2.92. The van der Waals surface area contributed by atoms with Gasteiger partial charge in [0.15, 0.2) is 0 Å². The summed E-state index contributed by atoms with van der Waals surface area (Å²) >= 11 is 4.38. The minimum absolute atomic E-state index is 0.188. The Morgan fingerprint density at radius 2 is 2.13 bits per heavy atom. The van der Waals surface area contributed by atoms with Gasteiger partial charge in [-0.2, -0.15) is 0 Å². The summed E-state index contributed by atoms with van der Waals surface area (Å²) < 4.78 is 12.4. The minimum Gasteiger partial charge on any atom is -0.497 e. The van der Waals surface area contributed by atoms with Gasteiger partial charge in [-0.05, 0) is 17.7 Å². The minimum atomic E-state index is 0.188. The number of hydrogen-bond acceptors (Lipinski definition) is 4. The molecule has 1 fully saturated rings. The number of rotatable bonds is 2. The number of thiol groups is 1. The molecule has 15 heavy (non-hydrogen) atoms. The number of hydrogen-bond donors (Lipinski definition) is 1. The first-order chi connectivity index (χ1) is 7.31. The molecule has 1 aromatic carbocycles. The molecule has 0 bridgehead atoms. The molecule has 1 heterocycles. The Hall–Kier alpha value is -0.710. The average molecular weight is 224 g/mol. The number of methoxy groups -OCH3 is 1. The first-order valence-electron chi connectivity index (χ1n) is 4.83. The van der Waals surface area contributed by atoms with Gasteiger partial charge in [-0.15, -0.1) is 0 Å². The van der Waals surface area contributed by atoms with Crippen molar-refractivity contribution >= 4 is 12.8 Å². The lowest BCUT2D eigenvalue weighted by Crippen LogP contribution is -2.29. The van der Waals surface area contributed by atoms with E-state index in [2.05, 4.69) is 12.8 Å². The van der Waals surface area contributed by atoms with E-state index in [1.165, 1.54) is 5.56 Å². The second kappa shape index (κ2) is 4.88. The van der Waals surface area contributed by atoms with Crippen LogP contribution in [-0.2, 0) is 4.74 Å². The maximum atomic E-state index is 5.39. The van der Waals surface area contributed by atoms with E-state index in [1.54, 1.807) is 7.11 Å². The molecule has 0 amide bonds. The van der Waals surface area contributed by atoms with Crippen molar-refractivity contribution in [2.45, 2.75) is 6.04 Å². The molecule has 0 spiro atoms. The van der Waals surface area contributed by atoms with Crippen LogP contribution in [0.4, 0.5) is 0 Å². The van der Waals surface area contributed by atoms with Crippen LogP contribution in [0, 0.1) is 6.54 Å². The van der Waals surface area contributed by atoms with E-state index >= 15 is 0 Å². The summed E-state index contributed by atoms with van der Waals surface area (Å²) in [6, 6.07) is 8.16. The highest BCUT2D eigenvalue weighted by molar-refractivity contribution is 7.77. The Bertz CT molecular complexity index is 315. The molecule has 0 aliphatic carbocycles. The van der Waals surface area contributed by atoms with Gasteiger partial charge in [-0.1, -0.05) is 24.9 Å². The maximum Gasteiger partial charge on any atom is 0.118 e. The molecule has 0 aromatic heterocycles. The summed E-state index contributed by atoms with van der Waals surface area (Å²) in [5, 5.41) is 0. The predicted molar refractivity (Wildman–Crippen MR) is 61.7 cm³/mol. The highest BCUT2D eigenvalue weighted by Crippen LogP contribution is 2.28. The van der Waals surface area contributed by atoms with Gasteiger partial charge in [0.1, 0.15) is 5.75 Å². The lowest BCUT2D eigenvalue weighted by molar-refractivity contribution is 0.0632. The summed E-state index contributed by atoms with van der Waals surface area (Å²) in [4.78, 5) is 0. The molecular formula is C11H14NO2S. The SMILES string of the molecule is COc1ccc(C2COC[CH]N2S)cc1. The standard InChI is InChI=1S/C11H14NO2S/c1-13-10-4-2-9(3-5-10)11-8-14-7-6-12(11)15/h2-6,11,15H,7-8H2,1H3. The Morgan fingerprint density at radius 3 is 2.73 bits per heavy atom. The number of benzene rings is 1. The third-order valence-electron chi connectivity index (χ3n) is 2.48. The highest BCUT2D eigenvalue weighted by atomic mass is 32.1. The zero-order valence-electron chi connectivity index (χ0n) is 8.59. The third kappa shape index (κ3) is 2.45. The fourth-order valence-electron chi connectivity index (χ4n) is 1.59. The van der Waals surface area contributed by atoms with Crippen LogP contribution in [0.15, 0.2) is 24.3 Å². The first-order valence-corrected chi connectivity index (χ1v) is 5.23. The van der Waals surface area contributed by atoms with Gasteiger partial charge in [0.25, 0.3) is 0 Å². The Balaban J connectivity index is 2.13. The van der Waals surface area contributed by atoms with Crippen LogP contribution < -0.4 is 4.74 Å². The Labute approximate surface area is 95.5 Å². The summed E-state index contributed by atoms with van der Waals surface area (Å²) in [6.45, 7) is 3.24. The van der Waals surface area contributed by atoms with Crippen LogP contribution in [-0.4, -0.2) is 24.6 Å². The molecule has 1 saturated heterocycles. The second-order valence-corrected chi connectivity index (χ2v) is 3.85. The predicted octanol–water partition coefficient (Wildman–Crippen LogP) is 2.08. The van der Waals surface area contributed by atoms with Crippen LogP contribution in [0.1, 0.15) is 11.6 Å². The largest absolute Gasteiger partial charge is 0.497 e. The topological polar surface area (TPSA) is 21.7 Å². The van der Waals surface area contributed by atoms with E-state index in [0.717, 1.165) is 5.75 Å².